The van der Waals surface area contributed by atoms with Crippen molar-refractivity contribution < 1.29 is 14.3 Å². The molecule has 0 heterocycles. The van der Waals surface area contributed by atoms with E-state index in [1.807, 2.05) is 6.07 Å². The molecule has 0 aliphatic heterocycles. The highest BCUT2D eigenvalue weighted by molar-refractivity contribution is 5.69. The van der Waals surface area contributed by atoms with E-state index < -0.39 is 0 Å². The predicted octanol–water partition coefficient (Wildman–Crippen LogP) is 1.91. The number of carbonyl (C=O) groups is 1. The maximum absolute atomic E-state index is 11.0. The minimum atomic E-state index is -0.197. The van der Waals surface area contributed by atoms with Gasteiger partial charge in [0.1, 0.15) is 5.75 Å². The SMILES string of the molecule is CCc1ccc(OC)c(CNCCC(=O)OC)c1. The summed E-state index contributed by atoms with van der Waals surface area (Å²) in [6.07, 6.45) is 1.38. The highest BCUT2D eigenvalue weighted by Gasteiger charge is 2.04. The van der Waals surface area contributed by atoms with Crippen LogP contribution in [0.1, 0.15) is 24.5 Å². The summed E-state index contributed by atoms with van der Waals surface area (Å²) >= 11 is 0. The van der Waals surface area contributed by atoms with E-state index in [4.69, 9.17) is 4.74 Å². The van der Waals surface area contributed by atoms with Crippen LogP contribution in [0.5, 0.6) is 5.75 Å². The molecule has 0 radical (unpaired) electrons. The normalized spacial score (nSPS) is 10.2. The fourth-order valence-electron chi connectivity index (χ4n) is 1.71. The van der Waals surface area contributed by atoms with Gasteiger partial charge in [-0.1, -0.05) is 19.1 Å². The van der Waals surface area contributed by atoms with Gasteiger partial charge in [-0.25, -0.2) is 0 Å². The Morgan fingerprint density at radius 3 is 2.72 bits per heavy atom. The van der Waals surface area contributed by atoms with Gasteiger partial charge in [0.05, 0.1) is 20.6 Å². The molecule has 0 fully saturated rings. The molecule has 1 rings (SSSR count). The van der Waals surface area contributed by atoms with Crippen molar-refractivity contribution in [3.63, 3.8) is 0 Å². The summed E-state index contributed by atoms with van der Waals surface area (Å²) in [5, 5.41) is 3.21. The molecule has 0 unspecified atom stereocenters. The smallest absolute Gasteiger partial charge is 0.306 e. The second-order valence-electron chi connectivity index (χ2n) is 4.00. The first-order chi connectivity index (χ1) is 8.71. The lowest BCUT2D eigenvalue weighted by molar-refractivity contribution is -0.140. The average molecular weight is 251 g/mol. The third-order valence-corrected chi connectivity index (χ3v) is 2.80. The third-order valence-electron chi connectivity index (χ3n) is 2.80. The lowest BCUT2D eigenvalue weighted by atomic mass is 10.1. The molecule has 0 bridgehead atoms. The molecule has 1 aromatic rings. The number of methoxy groups -OCH3 is 2. The second-order valence-corrected chi connectivity index (χ2v) is 4.00. The minimum absolute atomic E-state index is 0.197. The molecule has 0 amide bonds. The molecule has 0 aliphatic rings. The highest BCUT2D eigenvalue weighted by Crippen LogP contribution is 2.19. The number of esters is 1. The van der Waals surface area contributed by atoms with Gasteiger partial charge in [0, 0.05) is 18.7 Å². The van der Waals surface area contributed by atoms with Gasteiger partial charge in [-0.15, -0.1) is 0 Å². The summed E-state index contributed by atoms with van der Waals surface area (Å²) in [6.45, 7) is 3.41. The number of carbonyl (C=O) groups excluding carboxylic acids is 1. The maximum atomic E-state index is 11.0. The zero-order valence-corrected chi connectivity index (χ0v) is 11.3. The Morgan fingerprint density at radius 2 is 2.11 bits per heavy atom. The van der Waals surface area contributed by atoms with Crippen LogP contribution in [0.25, 0.3) is 0 Å². The molecule has 100 valence electrons. The van der Waals surface area contributed by atoms with Gasteiger partial charge in [-0.05, 0) is 18.1 Å². The van der Waals surface area contributed by atoms with E-state index in [1.54, 1.807) is 7.11 Å². The van der Waals surface area contributed by atoms with Gasteiger partial charge in [-0.3, -0.25) is 4.79 Å². The predicted molar refractivity (Wildman–Crippen MR) is 70.7 cm³/mol. The van der Waals surface area contributed by atoms with Crippen LogP contribution in [0.15, 0.2) is 18.2 Å². The summed E-state index contributed by atoms with van der Waals surface area (Å²) in [5.41, 5.74) is 2.39. The Bertz CT molecular complexity index is 391. The van der Waals surface area contributed by atoms with Gasteiger partial charge >= 0.3 is 5.97 Å². The largest absolute Gasteiger partial charge is 0.496 e. The average Bonchev–Trinajstić information content (AvgIpc) is 2.42. The molecule has 4 nitrogen and oxygen atoms in total. The first-order valence-corrected chi connectivity index (χ1v) is 6.14. The van der Waals surface area contributed by atoms with Gasteiger partial charge in [0.15, 0.2) is 0 Å². The molecule has 0 aromatic heterocycles. The van der Waals surface area contributed by atoms with Crippen LogP contribution in [0.4, 0.5) is 0 Å². The zero-order chi connectivity index (χ0) is 13.4. The van der Waals surface area contributed by atoms with Crippen molar-refractivity contribution in [2.24, 2.45) is 0 Å². The van der Waals surface area contributed by atoms with Gasteiger partial charge in [0.2, 0.25) is 0 Å². The number of ether oxygens (including phenoxy) is 2. The number of hydrogen-bond donors (Lipinski definition) is 1. The van der Waals surface area contributed by atoms with Crippen LogP contribution >= 0.6 is 0 Å². The Kier molecular flexibility index (Phi) is 6.22. The molecule has 0 saturated heterocycles. The van der Waals surface area contributed by atoms with Crippen molar-refractivity contribution >= 4 is 5.97 Å². The van der Waals surface area contributed by atoms with Crippen molar-refractivity contribution in [1.29, 1.82) is 0 Å². The molecule has 18 heavy (non-hydrogen) atoms. The Hall–Kier alpha value is -1.55. The third kappa shape index (κ3) is 4.37. The van der Waals surface area contributed by atoms with E-state index in [0.29, 0.717) is 19.5 Å². The Balaban J connectivity index is 2.52. The second kappa shape index (κ2) is 7.71. The number of nitrogens with one attached hydrogen (secondary N) is 1. The van der Waals surface area contributed by atoms with Crippen molar-refractivity contribution in [1.82, 2.24) is 5.32 Å². The maximum Gasteiger partial charge on any atom is 0.306 e. The Morgan fingerprint density at radius 1 is 1.33 bits per heavy atom. The van der Waals surface area contributed by atoms with E-state index >= 15 is 0 Å². The van der Waals surface area contributed by atoms with Crippen molar-refractivity contribution in [3.8, 4) is 5.75 Å². The minimum Gasteiger partial charge on any atom is -0.496 e. The monoisotopic (exact) mass is 251 g/mol. The lowest BCUT2D eigenvalue weighted by Gasteiger charge is -2.11. The van der Waals surface area contributed by atoms with E-state index in [0.717, 1.165) is 17.7 Å². The van der Waals surface area contributed by atoms with Crippen LogP contribution in [0.2, 0.25) is 0 Å². The number of benzene rings is 1. The summed E-state index contributed by atoms with van der Waals surface area (Å²) in [7, 11) is 3.06. The van der Waals surface area contributed by atoms with E-state index in [1.165, 1.54) is 12.7 Å². The molecular formula is C14H21NO3. The molecule has 0 aliphatic carbocycles. The first kappa shape index (κ1) is 14.5. The summed E-state index contributed by atoms with van der Waals surface area (Å²) in [6, 6.07) is 6.18. The fraction of sp³-hybridized carbons (Fsp3) is 0.500. The fourth-order valence-corrected chi connectivity index (χ4v) is 1.71. The molecule has 4 heteroatoms. The number of hydrogen-bond acceptors (Lipinski definition) is 4. The molecule has 0 saturated carbocycles. The van der Waals surface area contributed by atoms with Gasteiger partial charge < -0.3 is 14.8 Å². The lowest BCUT2D eigenvalue weighted by Crippen LogP contribution is -2.18. The summed E-state index contributed by atoms with van der Waals surface area (Å²) in [4.78, 5) is 11.0. The standard InChI is InChI=1S/C14H21NO3/c1-4-11-5-6-13(17-2)12(9-11)10-15-8-7-14(16)18-3/h5-6,9,15H,4,7-8,10H2,1-3H3. The first-order valence-electron chi connectivity index (χ1n) is 6.14. The Labute approximate surface area is 108 Å². The molecular weight excluding hydrogens is 230 g/mol. The molecule has 1 N–H and O–H groups in total. The number of rotatable bonds is 7. The van der Waals surface area contributed by atoms with E-state index in [2.05, 4.69) is 29.1 Å². The zero-order valence-electron chi connectivity index (χ0n) is 11.3. The summed E-state index contributed by atoms with van der Waals surface area (Å²) < 4.78 is 9.89. The van der Waals surface area contributed by atoms with Gasteiger partial charge in [0.25, 0.3) is 0 Å². The molecule has 0 spiro atoms. The highest BCUT2D eigenvalue weighted by atomic mass is 16.5. The van der Waals surface area contributed by atoms with Crippen LogP contribution in [-0.4, -0.2) is 26.7 Å². The van der Waals surface area contributed by atoms with Crippen LogP contribution in [0, 0.1) is 0 Å². The quantitative estimate of drug-likeness (QED) is 0.594. The molecule has 0 atom stereocenters. The van der Waals surface area contributed by atoms with Crippen LogP contribution in [0.3, 0.4) is 0 Å². The van der Waals surface area contributed by atoms with Crippen LogP contribution < -0.4 is 10.1 Å². The van der Waals surface area contributed by atoms with E-state index in [-0.39, 0.29) is 5.97 Å². The van der Waals surface area contributed by atoms with Crippen LogP contribution in [-0.2, 0) is 22.5 Å². The summed E-state index contributed by atoms with van der Waals surface area (Å²) in [5.74, 6) is 0.676. The topological polar surface area (TPSA) is 47.6 Å². The van der Waals surface area contributed by atoms with Gasteiger partial charge in [-0.2, -0.15) is 0 Å². The van der Waals surface area contributed by atoms with E-state index in [9.17, 15) is 4.79 Å². The number of aryl methyl sites for hydroxylation is 1. The molecule has 1 aromatic carbocycles. The van der Waals surface area contributed by atoms with Crippen molar-refractivity contribution in [3.05, 3.63) is 29.3 Å². The van der Waals surface area contributed by atoms with Crippen molar-refractivity contribution in [2.75, 3.05) is 20.8 Å². The van der Waals surface area contributed by atoms with Crippen molar-refractivity contribution in [2.45, 2.75) is 26.3 Å².